The average molecular weight is 164 g/mol. The number of nitrogens with zero attached hydrogens (tertiary/aromatic N) is 1. The van der Waals surface area contributed by atoms with Gasteiger partial charge >= 0.3 is 0 Å². The first kappa shape index (κ1) is 8.01. The molecule has 5 heteroatoms. The van der Waals surface area contributed by atoms with Crippen LogP contribution in [0.3, 0.4) is 0 Å². The molecular formula is C7H4N2O3. The number of Topliss-reactive ketones (excluding diaryl/α,β-unsaturated/α-hetero) is 1. The Balaban J connectivity index is 2.99. The Morgan fingerprint density at radius 3 is 2.67 bits per heavy atom. The molecule has 0 saturated carbocycles. The van der Waals surface area contributed by atoms with Crippen LogP contribution in [0.4, 0.5) is 0 Å². The Hall–Kier alpha value is -2.09. The maximum atomic E-state index is 10.8. The van der Waals surface area contributed by atoms with E-state index in [1.807, 2.05) is 0 Å². The molecule has 0 saturated heterocycles. The summed E-state index contributed by atoms with van der Waals surface area (Å²) in [4.78, 5) is 21.1. The Morgan fingerprint density at radius 2 is 2.25 bits per heavy atom. The maximum absolute atomic E-state index is 10.8. The van der Waals surface area contributed by atoms with Crippen LogP contribution in [0, 0.1) is 11.3 Å². The predicted octanol–water partition coefficient (Wildman–Crippen LogP) is -0.181. The van der Waals surface area contributed by atoms with Crippen LogP contribution in [0.15, 0.2) is 16.7 Å². The first-order valence-corrected chi connectivity index (χ1v) is 2.98. The van der Waals surface area contributed by atoms with Crippen molar-refractivity contribution in [2.45, 2.75) is 0 Å². The van der Waals surface area contributed by atoms with E-state index in [9.17, 15) is 9.59 Å². The Kier molecular flexibility index (Phi) is 1.92. The van der Waals surface area contributed by atoms with Gasteiger partial charge in [0, 0.05) is 6.07 Å². The lowest BCUT2D eigenvalue weighted by molar-refractivity contribution is -0.114. The van der Waals surface area contributed by atoms with Crippen molar-refractivity contribution in [2.75, 3.05) is 0 Å². The standard InChI is InChI=1S/C7H4N2O3/c8-2-4-1-5(12-3-4)6(10)7(9)11/h1,3H,(H2,9,11). The summed E-state index contributed by atoms with van der Waals surface area (Å²) >= 11 is 0. The molecule has 5 nitrogen and oxygen atoms in total. The SMILES string of the molecule is N#Cc1coc(C(=O)C(N)=O)c1. The minimum Gasteiger partial charge on any atom is -0.459 e. The quantitative estimate of drug-likeness (QED) is 0.484. The number of primary amides is 1. The molecule has 0 aliphatic heterocycles. The van der Waals surface area contributed by atoms with Gasteiger partial charge in [0.05, 0.1) is 5.56 Å². The normalized spacial score (nSPS) is 8.92. The van der Waals surface area contributed by atoms with Crippen LogP contribution in [0.5, 0.6) is 0 Å². The molecule has 0 aliphatic carbocycles. The lowest BCUT2D eigenvalue weighted by atomic mass is 10.2. The van der Waals surface area contributed by atoms with Crippen LogP contribution < -0.4 is 5.73 Å². The number of nitrogens with two attached hydrogens (primary N) is 1. The molecule has 1 aromatic heterocycles. The third-order valence-electron chi connectivity index (χ3n) is 1.18. The molecule has 60 valence electrons. The van der Waals surface area contributed by atoms with Gasteiger partial charge < -0.3 is 10.2 Å². The van der Waals surface area contributed by atoms with Crippen LogP contribution >= 0.6 is 0 Å². The number of amides is 1. The topological polar surface area (TPSA) is 97.1 Å². The largest absolute Gasteiger partial charge is 0.459 e. The zero-order valence-electron chi connectivity index (χ0n) is 5.90. The van der Waals surface area contributed by atoms with Crippen LogP contribution in [0.25, 0.3) is 0 Å². The Bertz CT molecular complexity index is 372. The molecule has 0 unspecified atom stereocenters. The minimum absolute atomic E-state index is 0.180. The van der Waals surface area contributed by atoms with E-state index >= 15 is 0 Å². The fourth-order valence-electron chi connectivity index (χ4n) is 0.635. The second-order valence-electron chi connectivity index (χ2n) is 2.00. The third-order valence-corrected chi connectivity index (χ3v) is 1.18. The lowest BCUT2D eigenvalue weighted by Gasteiger charge is -1.86. The molecule has 0 radical (unpaired) electrons. The summed E-state index contributed by atoms with van der Waals surface area (Å²) in [7, 11) is 0. The fourth-order valence-corrected chi connectivity index (χ4v) is 0.635. The van der Waals surface area contributed by atoms with Gasteiger partial charge in [-0.25, -0.2) is 0 Å². The summed E-state index contributed by atoms with van der Waals surface area (Å²) in [6.07, 6.45) is 1.08. The van der Waals surface area contributed by atoms with Crippen LogP contribution in [-0.4, -0.2) is 11.7 Å². The summed E-state index contributed by atoms with van der Waals surface area (Å²) in [5.74, 6) is -2.25. The summed E-state index contributed by atoms with van der Waals surface area (Å²) in [6.45, 7) is 0. The Labute approximate surface area is 67.4 Å². The highest BCUT2D eigenvalue weighted by atomic mass is 16.3. The first-order chi connectivity index (χ1) is 5.65. The van der Waals surface area contributed by atoms with Crippen molar-refractivity contribution < 1.29 is 14.0 Å². The number of rotatable bonds is 2. The van der Waals surface area contributed by atoms with Crippen molar-refractivity contribution in [3.05, 3.63) is 23.7 Å². The highest BCUT2D eigenvalue weighted by Gasteiger charge is 2.16. The maximum Gasteiger partial charge on any atom is 0.293 e. The van der Waals surface area contributed by atoms with E-state index in [0.29, 0.717) is 0 Å². The zero-order chi connectivity index (χ0) is 9.14. The number of furan rings is 1. The number of hydrogen-bond acceptors (Lipinski definition) is 4. The van der Waals surface area contributed by atoms with Crippen molar-refractivity contribution in [2.24, 2.45) is 5.73 Å². The highest BCUT2D eigenvalue weighted by molar-refractivity contribution is 6.41. The number of hydrogen-bond donors (Lipinski definition) is 1. The number of carbonyl (C=O) groups is 2. The van der Waals surface area contributed by atoms with E-state index in [1.54, 1.807) is 6.07 Å². The smallest absolute Gasteiger partial charge is 0.293 e. The van der Waals surface area contributed by atoms with Gasteiger partial charge in [0.1, 0.15) is 12.3 Å². The van der Waals surface area contributed by atoms with Crippen molar-refractivity contribution in [1.29, 1.82) is 5.26 Å². The number of ketones is 1. The van der Waals surface area contributed by atoms with Crippen molar-refractivity contribution in [3.8, 4) is 6.07 Å². The van der Waals surface area contributed by atoms with Gasteiger partial charge in [-0.3, -0.25) is 9.59 Å². The molecule has 1 amide bonds. The van der Waals surface area contributed by atoms with Crippen LogP contribution in [0.1, 0.15) is 16.1 Å². The molecule has 2 N–H and O–H groups in total. The van der Waals surface area contributed by atoms with Gasteiger partial charge in [0.2, 0.25) is 0 Å². The Morgan fingerprint density at radius 1 is 1.58 bits per heavy atom. The minimum atomic E-state index is -1.10. The summed E-state index contributed by atoms with van der Waals surface area (Å²) in [6, 6.07) is 2.90. The van der Waals surface area contributed by atoms with Crippen LogP contribution in [-0.2, 0) is 4.79 Å². The van der Waals surface area contributed by atoms with E-state index in [0.717, 1.165) is 12.3 Å². The fraction of sp³-hybridized carbons (Fsp3) is 0. The van der Waals surface area contributed by atoms with Gasteiger partial charge in [-0.2, -0.15) is 5.26 Å². The van der Waals surface area contributed by atoms with Crippen LogP contribution in [0.2, 0.25) is 0 Å². The lowest BCUT2D eigenvalue weighted by Crippen LogP contribution is -2.22. The summed E-state index contributed by atoms with van der Waals surface area (Å²) < 4.78 is 4.61. The molecule has 0 aliphatic rings. The van der Waals surface area contributed by atoms with Gasteiger partial charge in [-0.15, -0.1) is 0 Å². The molecule has 0 spiro atoms. The molecule has 0 bridgehead atoms. The molecule has 12 heavy (non-hydrogen) atoms. The van der Waals surface area contributed by atoms with Gasteiger partial charge in [-0.1, -0.05) is 0 Å². The molecule has 0 atom stereocenters. The molecule has 0 aromatic carbocycles. The molecule has 1 rings (SSSR count). The van der Waals surface area contributed by atoms with Crippen molar-refractivity contribution in [3.63, 3.8) is 0 Å². The van der Waals surface area contributed by atoms with E-state index in [2.05, 4.69) is 10.2 Å². The average Bonchev–Trinajstić information content (AvgIpc) is 2.50. The van der Waals surface area contributed by atoms with E-state index in [4.69, 9.17) is 5.26 Å². The van der Waals surface area contributed by atoms with Crippen molar-refractivity contribution in [1.82, 2.24) is 0 Å². The summed E-state index contributed by atoms with van der Waals surface area (Å²) in [5.41, 5.74) is 4.87. The van der Waals surface area contributed by atoms with Gasteiger partial charge in [0.25, 0.3) is 11.7 Å². The molecule has 1 aromatic rings. The van der Waals surface area contributed by atoms with Crippen molar-refractivity contribution >= 4 is 11.7 Å². The monoisotopic (exact) mass is 164 g/mol. The number of nitriles is 1. The highest BCUT2D eigenvalue weighted by Crippen LogP contribution is 2.06. The number of carbonyl (C=O) groups excluding carboxylic acids is 2. The van der Waals surface area contributed by atoms with E-state index in [1.165, 1.54) is 0 Å². The molecule has 0 fully saturated rings. The third kappa shape index (κ3) is 1.32. The summed E-state index contributed by atoms with van der Waals surface area (Å²) in [5, 5.41) is 8.33. The van der Waals surface area contributed by atoms with E-state index < -0.39 is 11.7 Å². The second-order valence-corrected chi connectivity index (χ2v) is 2.00. The molecular weight excluding hydrogens is 160 g/mol. The van der Waals surface area contributed by atoms with Gasteiger partial charge in [0.15, 0.2) is 5.76 Å². The molecule has 1 heterocycles. The van der Waals surface area contributed by atoms with Gasteiger partial charge in [-0.05, 0) is 0 Å². The first-order valence-electron chi connectivity index (χ1n) is 2.98. The zero-order valence-corrected chi connectivity index (χ0v) is 5.90. The predicted molar refractivity (Wildman–Crippen MR) is 36.9 cm³/mol. The van der Waals surface area contributed by atoms with E-state index in [-0.39, 0.29) is 11.3 Å². The second kappa shape index (κ2) is 2.88.